The van der Waals surface area contributed by atoms with E-state index in [0.29, 0.717) is 50.3 Å². The molecular formula is C35H38Cl2FN5O3. The fourth-order valence-electron chi connectivity index (χ4n) is 8.83. The second-order valence-electron chi connectivity index (χ2n) is 14.1. The van der Waals surface area contributed by atoms with E-state index in [9.17, 15) is 14.3 Å². The van der Waals surface area contributed by atoms with Crippen LogP contribution in [0.5, 0.6) is 0 Å². The highest BCUT2D eigenvalue weighted by atomic mass is 35.5. The van der Waals surface area contributed by atoms with Crippen molar-refractivity contribution in [3.05, 3.63) is 69.9 Å². The van der Waals surface area contributed by atoms with Crippen LogP contribution in [-0.4, -0.2) is 74.3 Å². The Hall–Kier alpha value is -2.98. The largest absolute Gasteiger partial charge is 0.464 e. The summed E-state index contributed by atoms with van der Waals surface area (Å²) in [4.78, 5) is 20.3. The predicted molar refractivity (Wildman–Crippen MR) is 175 cm³/mol. The highest BCUT2D eigenvalue weighted by Crippen LogP contribution is 2.73. The number of aliphatic hydroxyl groups is 1. The Balaban J connectivity index is 1.03. The van der Waals surface area contributed by atoms with Crippen molar-refractivity contribution < 1.29 is 19.0 Å². The molecule has 4 aromatic rings. The molecule has 2 atom stereocenters. The number of aliphatic hydroxyl groups excluding tert-OH is 1. The maximum absolute atomic E-state index is 14.2. The minimum Gasteiger partial charge on any atom is -0.464 e. The van der Waals surface area contributed by atoms with Gasteiger partial charge in [-0.1, -0.05) is 47.5 Å². The van der Waals surface area contributed by atoms with Crippen LogP contribution in [-0.2, 0) is 27.9 Å². The van der Waals surface area contributed by atoms with Crippen molar-refractivity contribution >= 4 is 40.1 Å². The summed E-state index contributed by atoms with van der Waals surface area (Å²) < 4.78 is 22.9. The molecule has 0 spiro atoms. The molecule has 1 N–H and O–H groups in total. The van der Waals surface area contributed by atoms with Gasteiger partial charge in [-0.05, 0) is 86.1 Å². The van der Waals surface area contributed by atoms with Crippen molar-refractivity contribution in [3.8, 4) is 11.1 Å². The molecule has 2 aromatic carbocycles. The van der Waals surface area contributed by atoms with Crippen LogP contribution in [0.25, 0.3) is 22.0 Å². The number of benzene rings is 2. The Morgan fingerprint density at radius 3 is 2.61 bits per heavy atom. The summed E-state index contributed by atoms with van der Waals surface area (Å²) in [5.41, 5.74) is 5.41. The Morgan fingerprint density at radius 1 is 1.17 bits per heavy atom. The second-order valence-corrected chi connectivity index (χ2v) is 14.9. The molecule has 3 aliphatic carbocycles. The predicted octanol–water partition coefficient (Wildman–Crippen LogP) is 6.38. The molecule has 2 aliphatic heterocycles. The van der Waals surface area contributed by atoms with Gasteiger partial charge in [-0.3, -0.25) is 4.68 Å². The van der Waals surface area contributed by atoms with Gasteiger partial charge < -0.3 is 19.3 Å². The summed E-state index contributed by atoms with van der Waals surface area (Å²) in [6, 6.07) is 9.55. The number of aromatic nitrogens is 4. The number of rotatable bonds is 9. The van der Waals surface area contributed by atoms with Gasteiger partial charge in [0.05, 0.1) is 35.2 Å². The first kappa shape index (κ1) is 30.4. The molecule has 0 amide bonds. The number of likely N-dealkylation sites (tertiary alicyclic amines) is 1. The summed E-state index contributed by atoms with van der Waals surface area (Å²) in [6.07, 6.45) is 8.35. The normalized spacial score (nSPS) is 26.5. The number of hydrogen-bond donors (Lipinski definition) is 1. The molecule has 1 unspecified atom stereocenters. The van der Waals surface area contributed by atoms with Crippen molar-refractivity contribution in [2.24, 2.45) is 11.3 Å². The van der Waals surface area contributed by atoms with E-state index in [4.69, 9.17) is 33.0 Å². The average molecular weight is 667 g/mol. The van der Waals surface area contributed by atoms with Crippen molar-refractivity contribution in [3.63, 3.8) is 0 Å². The number of halogens is 3. The van der Waals surface area contributed by atoms with E-state index < -0.39 is 18.2 Å². The third-order valence-electron chi connectivity index (χ3n) is 11.0. The first-order valence-corrected chi connectivity index (χ1v) is 17.1. The van der Waals surface area contributed by atoms with Gasteiger partial charge >= 0.3 is 5.97 Å². The van der Waals surface area contributed by atoms with E-state index in [-0.39, 0.29) is 25.0 Å². The number of carbonyl (C=O) groups excluding carboxylic acids is 1. The smallest absolute Gasteiger partial charge is 0.337 e. The van der Waals surface area contributed by atoms with E-state index in [1.165, 1.54) is 36.1 Å². The van der Waals surface area contributed by atoms with E-state index in [2.05, 4.69) is 34.1 Å². The van der Waals surface area contributed by atoms with Crippen molar-refractivity contribution in [1.29, 1.82) is 0 Å². The molecule has 11 heteroatoms. The molecule has 46 heavy (non-hydrogen) atoms. The Morgan fingerprint density at radius 2 is 1.91 bits per heavy atom. The number of esters is 1. The van der Waals surface area contributed by atoms with Crippen LogP contribution in [0.4, 0.5) is 4.39 Å². The lowest BCUT2D eigenvalue weighted by Crippen LogP contribution is -2.68. The lowest BCUT2D eigenvalue weighted by Gasteiger charge is -2.72. The molecule has 9 rings (SSSR count). The van der Waals surface area contributed by atoms with Gasteiger partial charge in [-0.15, -0.1) is 0 Å². The summed E-state index contributed by atoms with van der Waals surface area (Å²) in [6.45, 7) is 5.86. The van der Waals surface area contributed by atoms with Crippen LogP contribution in [0.1, 0.15) is 62.0 Å². The number of hydrogen-bond acceptors (Lipinski definition) is 6. The van der Waals surface area contributed by atoms with Gasteiger partial charge in [0, 0.05) is 42.4 Å². The molecule has 3 saturated carbocycles. The monoisotopic (exact) mass is 665 g/mol. The molecule has 4 fully saturated rings. The molecule has 0 radical (unpaired) electrons. The SMILES string of the molecule is CCOC(=O)C(c1ncn2c1C[C@@H](F)C2)n1cc2c(Cl)cc(-c3ccc(C45CC(CN6CCC(CO)CC6)(C4)C5)cc3)c(Cl)c2n1. The lowest BCUT2D eigenvalue weighted by atomic mass is 9.33. The highest BCUT2D eigenvalue weighted by molar-refractivity contribution is 6.42. The minimum absolute atomic E-state index is 0.181. The average Bonchev–Trinajstić information content (AvgIpc) is 3.72. The third-order valence-corrected chi connectivity index (χ3v) is 11.7. The number of piperidine rings is 1. The van der Waals surface area contributed by atoms with E-state index in [1.807, 2.05) is 6.07 Å². The lowest BCUT2D eigenvalue weighted by molar-refractivity contribution is -0.158. The maximum Gasteiger partial charge on any atom is 0.337 e. The van der Waals surface area contributed by atoms with Gasteiger partial charge in [-0.2, -0.15) is 5.10 Å². The van der Waals surface area contributed by atoms with E-state index in [1.54, 1.807) is 24.0 Å². The third kappa shape index (κ3) is 4.88. The zero-order valence-electron chi connectivity index (χ0n) is 25.9. The molecule has 8 nitrogen and oxygen atoms in total. The number of nitrogens with zero attached hydrogens (tertiary/aromatic N) is 5. The van der Waals surface area contributed by atoms with Crippen molar-refractivity contribution in [2.75, 3.05) is 32.8 Å². The summed E-state index contributed by atoms with van der Waals surface area (Å²) >= 11 is 13.8. The van der Waals surface area contributed by atoms with Gasteiger partial charge in [0.15, 0.2) is 6.04 Å². The topological polar surface area (TPSA) is 85.4 Å². The van der Waals surface area contributed by atoms with Crippen LogP contribution in [0.3, 0.4) is 0 Å². The fourth-order valence-corrected chi connectivity index (χ4v) is 9.38. The molecule has 1 saturated heterocycles. The van der Waals surface area contributed by atoms with Gasteiger partial charge in [0.1, 0.15) is 11.7 Å². The Bertz CT molecular complexity index is 1790. The Kier molecular flexibility index (Phi) is 7.47. The zero-order chi connectivity index (χ0) is 31.8. The summed E-state index contributed by atoms with van der Waals surface area (Å²) in [5.74, 6) is -0.0474. The molecule has 5 aliphatic rings. The molecule has 4 heterocycles. The maximum atomic E-state index is 14.2. The number of alkyl halides is 1. The quantitative estimate of drug-likeness (QED) is 0.209. The van der Waals surface area contributed by atoms with Crippen LogP contribution >= 0.6 is 23.2 Å². The van der Waals surface area contributed by atoms with Crippen molar-refractivity contribution in [1.82, 2.24) is 24.2 Å². The van der Waals surface area contributed by atoms with Gasteiger partial charge in [-0.25, -0.2) is 14.2 Å². The van der Waals surface area contributed by atoms with Crippen LogP contribution in [0.15, 0.2) is 42.9 Å². The standard InChI is InChI=1S/C35H38Cl2FN5O3/c1-2-46-33(45)32(31-28-11-24(38)13-42(28)20-39-31)43-14-26-27(36)12-25(29(37)30(26)40-43)22-3-5-23(6-4-22)35-16-34(17-35,18-35)19-41-9-7-21(15-44)8-10-41/h3-6,12,14,20-21,24,32,44H,2,7-11,13,15-19H2,1H3/t24-,32?,34?,35?/m1/s1. The van der Waals surface area contributed by atoms with Gasteiger partial charge in [0.25, 0.3) is 0 Å². The van der Waals surface area contributed by atoms with Crippen LogP contribution < -0.4 is 0 Å². The molecule has 242 valence electrons. The fraction of sp³-hybridized carbons (Fsp3) is 0.514. The second kappa shape index (κ2) is 11.3. The van der Waals surface area contributed by atoms with Crippen LogP contribution in [0.2, 0.25) is 10.0 Å². The van der Waals surface area contributed by atoms with Crippen LogP contribution in [0, 0.1) is 11.3 Å². The highest BCUT2D eigenvalue weighted by Gasteiger charge is 2.68. The van der Waals surface area contributed by atoms with E-state index >= 15 is 0 Å². The van der Waals surface area contributed by atoms with E-state index in [0.717, 1.165) is 37.1 Å². The molecule has 2 aromatic heterocycles. The number of fused-ring (bicyclic) bond motifs is 2. The first-order chi connectivity index (χ1) is 22.2. The number of imidazole rings is 1. The summed E-state index contributed by atoms with van der Waals surface area (Å²) in [5, 5.41) is 15.7. The first-order valence-electron chi connectivity index (χ1n) is 16.4. The zero-order valence-corrected chi connectivity index (χ0v) is 27.4. The van der Waals surface area contributed by atoms with Crippen molar-refractivity contribution in [2.45, 2.75) is 69.6 Å². The number of ether oxygens (including phenoxy) is 1. The minimum atomic E-state index is -1.02. The molecular weight excluding hydrogens is 628 g/mol. The summed E-state index contributed by atoms with van der Waals surface area (Å²) in [7, 11) is 0. The number of carbonyl (C=O) groups is 1. The Labute approximate surface area is 277 Å². The van der Waals surface area contributed by atoms with Gasteiger partial charge in [0.2, 0.25) is 0 Å². The molecule has 2 bridgehead atoms.